The normalized spacial score (nSPS) is 28.7. The second-order valence-electron chi connectivity index (χ2n) is 7.21. The van der Waals surface area contributed by atoms with Crippen LogP contribution in [0.3, 0.4) is 0 Å². The number of alkyl halides is 2. The number of ether oxygens (including phenoxy) is 1. The highest BCUT2D eigenvalue weighted by Crippen LogP contribution is 2.49. The van der Waals surface area contributed by atoms with Gasteiger partial charge in [0.1, 0.15) is 5.60 Å². The van der Waals surface area contributed by atoms with Crippen LogP contribution in [-0.2, 0) is 4.74 Å². The third kappa shape index (κ3) is 3.40. The van der Waals surface area contributed by atoms with Crippen molar-refractivity contribution in [3.05, 3.63) is 0 Å². The number of halogens is 2. The summed E-state index contributed by atoms with van der Waals surface area (Å²) < 4.78 is 31.5. The van der Waals surface area contributed by atoms with Crippen LogP contribution in [-0.4, -0.2) is 41.1 Å². The van der Waals surface area contributed by atoms with Gasteiger partial charge in [0.25, 0.3) is 5.92 Å². The minimum Gasteiger partial charge on any atom is -0.444 e. The zero-order valence-corrected chi connectivity index (χ0v) is 12.4. The third-order valence-electron chi connectivity index (χ3n) is 4.06. The van der Waals surface area contributed by atoms with Crippen LogP contribution in [0, 0.1) is 5.92 Å². The highest BCUT2D eigenvalue weighted by molar-refractivity contribution is 5.68. The first-order chi connectivity index (χ1) is 9.01. The summed E-state index contributed by atoms with van der Waals surface area (Å²) in [6.07, 6.45) is 0.664. The Labute approximate surface area is 118 Å². The summed E-state index contributed by atoms with van der Waals surface area (Å²) in [5, 5.41) is 0. The number of piperidine rings is 1. The van der Waals surface area contributed by atoms with Gasteiger partial charge in [0.05, 0.1) is 0 Å². The predicted molar refractivity (Wildman–Crippen MR) is 71.6 cm³/mol. The molecule has 6 heteroatoms. The highest BCUT2D eigenvalue weighted by Gasteiger charge is 2.58. The van der Waals surface area contributed by atoms with Crippen molar-refractivity contribution in [2.24, 2.45) is 11.7 Å². The van der Waals surface area contributed by atoms with Crippen LogP contribution >= 0.6 is 0 Å². The van der Waals surface area contributed by atoms with Crippen molar-refractivity contribution in [3.8, 4) is 0 Å². The number of carbonyl (C=O) groups excluding carboxylic acids is 1. The molecule has 1 heterocycles. The lowest BCUT2D eigenvalue weighted by Gasteiger charge is -2.51. The Bertz CT molecular complexity index is 385. The van der Waals surface area contributed by atoms with Gasteiger partial charge in [0.2, 0.25) is 0 Å². The molecule has 1 aliphatic heterocycles. The quantitative estimate of drug-likeness (QED) is 0.808. The van der Waals surface area contributed by atoms with E-state index in [2.05, 4.69) is 0 Å². The van der Waals surface area contributed by atoms with Crippen molar-refractivity contribution in [2.75, 3.05) is 13.1 Å². The Hall–Kier alpha value is -0.910. The molecule has 2 rings (SSSR count). The molecule has 4 nitrogen and oxygen atoms in total. The largest absolute Gasteiger partial charge is 0.444 e. The maximum atomic E-state index is 13.1. The molecule has 0 aromatic rings. The molecule has 1 saturated carbocycles. The van der Waals surface area contributed by atoms with Crippen molar-refractivity contribution in [3.63, 3.8) is 0 Å². The zero-order valence-electron chi connectivity index (χ0n) is 12.4. The second-order valence-corrected chi connectivity index (χ2v) is 7.21. The van der Waals surface area contributed by atoms with E-state index in [4.69, 9.17) is 10.5 Å². The van der Waals surface area contributed by atoms with E-state index in [9.17, 15) is 13.6 Å². The van der Waals surface area contributed by atoms with E-state index < -0.39 is 17.1 Å². The molecule has 0 aromatic carbocycles. The predicted octanol–water partition coefficient (Wildman–Crippen LogP) is 2.76. The first-order valence-corrected chi connectivity index (χ1v) is 7.15. The highest BCUT2D eigenvalue weighted by atomic mass is 19.3. The molecule has 1 atom stereocenters. The average Bonchev–Trinajstić information content (AvgIpc) is 2.24. The Morgan fingerprint density at radius 2 is 1.95 bits per heavy atom. The molecular weight excluding hydrogens is 266 g/mol. The van der Waals surface area contributed by atoms with Crippen molar-refractivity contribution < 1.29 is 18.3 Å². The molecule has 0 spiro atoms. The van der Waals surface area contributed by atoms with E-state index in [1.54, 1.807) is 4.90 Å². The summed E-state index contributed by atoms with van der Waals surface area (Å²) in [4.78, 5) is 13.6. The van der Waals surface area contributed by atoms with Crippen molar-refractivity contribution in [2.45, 2.75) is 63.5 Å². The number of rotatable bonds is 1. The summed E-state index contributed by atoms with van der Waals surface area (Å²) in [5.41, 5.74) is 4.71. The molecule has 2 fully saturated rings. The van der Waals surface area contributed by atoms with Crippen molar-refractivity contribution >= 4 is 6.09 Å². The first-order valence-electron chi connectivity index (χ1n) is 7.15. The Morgan fingerprint density at radius 3 is 2.45 bits per heavy atom. The van der Waals surface area contributed by atoms with Gasteiger partial charge in [-0.2, -0.15) is 0 Å². The first kappa shape index (κ1) is 15.5. The van der Waals surface area contributed by atoms with Crippen LogP contribution in [0.15, 0.2) is 0 Å². The van der Waals surface area contributed by atoms with Gasteiger partial charge in [-0.3, -0.25) is 0 Å². The van der Waals surface area contributed by atoms with E-state index >= 15 is 0 Å². The average molecular weight is 290 g/mol. The van der Waals surface area contributed by atoms with Gasteiger partial charge in [0, 0.05) is 31.5 Å². The van der Waals surface area contributed by atoms with Gasteiger partial charge in [-0.1, -0.05) is 0 Å². The number of nitrogens with two attached hydrogens (primary N) is 1. The van der Waals surface area contributed by atoms with Gasteiger partial charge in [0.15, 0.2) is 0 Å². The minimum atomic E-state index is -2.64. The lowest BCUT2D eigenvalue weighted by Crippen LogP contribution is -2.65. The third-order valence-corrected chi connectivity index (χ3v) is 4.06. The van der Waals surface area contributed by atoms with Gasteiger partial charge >= 0.3 is 6.09 Å². The number of hydrogen-bond acceptors (Lipinski definition) is 3. The van der Waals surface area contributed by atoms with Crippen molar-refractivity contribution in [1.82, 2.24) is 4.90 Å². The fraction of sp³-hybridized carbons (Fsp3) is 0.929. The summed E-state index contributed by atoms with van der Waals surface area (Å²) in [7, 11) is 0. The standard InChI is InChI=1S/C14H24F2N2O2/c1-12(2,3)20-11(19)18-6-4-5-10(7-18)13(17)8-14(15,16)9-13/h10H,4-9,17H2,1-3H3. The number of likely N-dealkylation sites (tertiary alicyclic amines) is 1. The maximum absolute atomic E-state index is 13.1. The fourth-order valence-electron chi connectivity index (χ4n) is 3.14. The number of carbonyl (C=O) groups is 1. The molecular formula is C14H24F2N2O2. The Morgan fingerprint density at radius 1 is 1.35 bits per heavy atom. The molecule has 1 amide bonds. The van der Waals surface area contributed by atoms with E-state index in [0.29, 0.717) is 13.1 Å². The molecule has 0 radical (unpaired) electrons. The smallest absolute Gasteiger partial charge is 0.410 e. The number of amides is 1. The van der Waals surface area contributed by atoms with E-state index in [0.717, 1.165) is 12.8 Å². The van der Waals surface area contributed by atoms with Crippen LogP contribution in [0.5, 0.6) is 0 Å². The van der Waals surface area contributed by atoms with Crippen LogP contribution in [0.25, 0.3) is 0 Å². The molecule has 1 saturated heterocycles. The van der Waals surface area contributed by atoms with Crippen LogP contribution in [0.4, 0.5) is 13.6 Å². The van der Waals surface area contributed by atoms with Gasteiger partial charge in [-0.05, 0) is 39.5 Å². The molecule has 20 heavy (non-hydrogen) atoms. The van der Waals surface area contributed by atoms with Crippen LogP contribution in [0.2, 0.25) is 0 Å². The van der Waals surface area contributed by atoms with Gasteiger partial charge < -0.3 is 15.4 Å². The molecule has 1 aliphatic carbocycles. The second kappa shape index (κ2) is 4.83. The van der Waals surface area contributed by atoms with Gasteiger partial charge in [-0.15, -0.1) is 0 Å². The Kier molecular flexibility index (Phi) is 3.73. The summed E-state index contributed by atoms with van der Waals surface area (Å²) in [6, 6.07) is 0. The number of nitrogens with zero attached hydrogens (tertiary/aromatic N) is 1. The fourth-order valence-corrected chi connectivity index (χ4v) is 3.14. The van der Waals surface area contributed by atoms with Gasteiger partial charge in [-0.25, -0.2) is 13.6 Å². The lowest BCUT2D eigenvalue weighted by molar-refractivity contribution is -0.145. The monoisotopic (exact) mass is 290 g/mol. The van der Waals surface area contributed by atoms with Crippen LogP contribution < -0.4 is 5.73 Å². The maximum Gasteiger partial charge on any atom is 0.410 e. The van der Waals surface area contributed by atoms with E-state index in [1.165, 1.54) is 0 Å². The SMILES string of the molecule is CC(C)(C)OC(=O)N1CCCC(C2(N)CC(F)(F)C2)C1. The molecule has 1 unspecified atom stereocenters. The van der Waals surface area contributed by atoms with E-state index in [-0.39, 0.29) is 24.9 Å². The number of hydrogen-bond donors (Lipinski definition) is 1. The van der Waals surface area contributed by atoms with Crippen molar-refractivity contribution in [1.29, 1.82) is 0 Å². The van der Waals surface area contributed by atoms with E-state index in [1.807, 2.05) is 20.8 Å². The summed E-state index contributed by atoms with van der Waals surface area (Å²) in [5.74, 6) is -2.70. The zero-order chi connectivity index (χ0) is 15.2. The molecule has 2 N–H and O–H groups in total. The summed E-state index contributed by atoms with van der Waals surface area (Å²) in [6.45, 7) is 6.45. The lowest BCUT2D eigenvalue weighted by atomic mass is 9.64. The minimum absolute atomic E-state index is 0.0663. The Balaban J connectivity index is 1.94. The molecule has 2 aliphatic rings. The molecule has 0 bridgehead atoms. The van der Waals surface area contributed by atoms with Crippen LogP contribution in [0.1, 0.15) is 46.5 Å². The molecule has 0 aromatic heterocycles. The summed E-state index contributed by atoms with van der Waals surface area (Å²) >= 11 is 0. The molecule has 116 valence electrons. The topological polar surface area (TPSA) is 55.6 Å².